The zero-order valence-corrected chi connectivity index (χ0v) is 10.1. The van der Waals surface area contributed by atoms with E-state index in [2.05, 4.69) is 10.3 Å². The van der Waals surface area contributed by atoms with E-state index >= 15 is 0 Å². The van der Waals surface area contributed by atoms with Crippen molar-refractivity contribution in [1.82, 2.24) is 10.3 Å². The molecule has 6 nitrogen and oxygen atoms in total. The van der Waals surface area contributed by atoms with Gasteiger partial charge >= 0.3 is 5.97 Å². The quantitative estimate of drug-likeness (QED) is 0.442. The van der Waals surface area contributed by atoms with E-state index in [0.717, 1.165) is 0 Å². The second-order valence-electron chi connectivity index (χ2n) is 3.55. The summed E-state index contributed by atoms with van der Waals surface area (Å²) in [6.07, 6.45) is 4.23. The molecule has 0 aliphatic heterocycles. The van der Waals surface area contributed by atoms with Crippen molar-refractivity contribution in [3.63, 3.8) is 0 Å². The lowest BCUT2D eigenvalue weighted by Crippen LogP contribution is -2.28. The molecule has 1 aromatic heterocycles. The van der Waals surface area contributed by atoms with Crippen LogP contribution in [0.25, 0.3) is 0 Å². The molecule has 6 heteroatoms. The molecule has 18 heavy (non-hydrogen) atoms. The number of nitrogens with two attached hydrogens (primary N) is 1. The Morgan fingerprint density at radius 2 is 2.33 bits per heavy atom. The molecule has 0 saturated carbocycles. The van der Waals surface area contributed by atoms with Crippen LogP contribution in [-0.2, 0) is 9.53 Å². The summed E-state index contributed by atoms with van der Waals surface area (Å²) in [5.41, 5.74) is 6.14. The molecule has 0 fully saturated rings. The summed E-state index contributed by atoms with van der Waals surface area (Å²) in [6, 6.07) is 3.32. The molecule has 0 atom stereocenters. The van der Waals surface area contributed by atoms with Crippen molar-refractivity contribution in [2.75, 3.05) is 13.2 Å². The molecule has 1 rings (SSSR count). The molecule has 0 aliphatic rings. The molecule has 1 heterocycles. The third kappa shape index (κ3) is 5.11. The van der Waals surface area contributed by atoms with Crippen molar-refractivity contribution >= 4 is 11.9 Å². The first kappa shape index (κ1) is 13.7. The normalized spacial score (nSPS) is 10.8. The van der Waals surface area contributed by atoms with Crippen LogP contribution in [0.15, 0.2) is 36.3 Å². The number of pyridine rings is 1. The number of nitrogens with one attached hydrogen (secondary N) is 1. The van der Waals surface area contributed by atoms with Crippen molar-refractivity contribution < 1.29 is 14.3 Å². The van der Waals surface area contributed by atoms with E-state index in [1.807, 2.05) is 0 Å². The van der Waals surface area contributed by atoms with Gasteiger partial charge in [0.1, 0.15) is 6.61 Å². The molecule has 0 unspecified atom stereocenters. The lowest BCUT2D eigenvalue weighted by atomic mass is 10.3. The van der Waals surface area contributed by atoms with Gasteiger partial charge in [-0.1, -0.05) is 0 Å². The first-order valence-electron chi connectivity index (χ1n) is 5.38. The fraction of sp³-hybridized carbons (Fsp3) is 0.250. The second-order valence-corrected chi connectivity index (χ2v) is 3.55. The smallest absolute Gasteiger partial charge is 0.332 e. The fourth-order valence-corrected chi connectivity index (χ4v) is 1.14. The van der Waals surface area contributed by atoms with Gasteiger partial charge in [-0.3, -0.25) is 9.78 Å². The van der Waals surface area contributed by atoms with Gasteiger partial charge in [0.05, 0.1) is 12.1 Å². The standard InChI is InChI=1S/C12H15N3O3/c1-9(13)7-11(16)18-6-5-15-12(17)10-3-2-4-14-8-10/h2-4,7-8H,5-6,13H2,1H3,(H,15,17)/b9-7-. The summed E-state index contributed by atoms with van der Waals surface area (Å²) < 4.78 is 4.81. The highest BCUT2D eigenvalue weighted by Crippen LogP contribution is 1.94. The topological polar surface area (TPSA) is 94.3 Å². The van der Waals surface area contributed by atoms with E-state index in [4.69, 9.17) is 10.5 Å². The molecular formula is C12H15N3O3. The van der Waals surface area contributed by atoms with Crippen molar-refractivity contribution in [3.05, 3.63) is 41.9 Å². The number of hydrogen-bond acceptors (Lipinski definition) is 5. The number of allylic oxidation sites excluding steroid dienone is 1. The van der Waals surface area contributed by atoms with Crippen LogP contribution in [0.4, 0.5) is 0 Å². The van der Waals surface area contributed by atoms with Crippen LogP contribution >= 0.6 is 0 Å². The second kappa shape index (κ2) is 7.05. The Labute approximate surface area is 105 Å². The number of aromatic nitrogens is 1. The van der Waals surface area contributed by atoms with Crippen LogP contribution in [0.2, 0.25) is 0 Å². The molecule has 3 N–H and O–H groups in total. The summed E-state index contributed by atoms with van der Waals surface area (Å²) in [6.45, 7) is 1.91. The summed E-state index contributed by atoms with van der Waals surface area (Å²) in [7, 11) is 0. The number of carbonyl (C=O) groups excluding carboxylic acids is 2. The molecule has 0 aromatic carbocycles. The monoisotopic (exact) mass is 249 g/mol. The Hall–Kier alpha value is -2.37. The van der Waals surface area contributed by atoms with Crippen molar-refractivity contribution in [3.8, 4) is 0 Å². The van der Waals surface area contributed by atoms with Crippen molar-refractivity contribution in [2.45, 2.75) is 6.92 Å². The van der Waals surface area contributed by atoms with Gasteiger partial charge in [0.15, 0.2) is 0 Å². The van der Waals surface area contributed by atoms with Crippen molar-refractivity contribution in [1.29, 1.82) is 0 Å². The van der Waals surface area contributed by atoms with Crippen LogP contribution in [-0.4, -0.2) is 30.0 Å². The van der Waals surface area contributed by atoms with Gasteiger partial charge in [0, 0.05) is 24.2 Å². The van der Waals surface area contributed by atoms with Crippen LogP contribution in [0, 0.1) is 0 Å². The molecule has 1 aromatic rings. The minimum absolute atomic E-state index is 0.0919. The van der Waals surface area contributed by atoms with E-state index in [1.165, 1.54) is 12.3 Å². The van der Waals surface area contributed by atoms with Gasteiger partial charge in [0.25, 0.3) is 5.91 Å². The molecule has 0 saturated heterocycles. The van der Waals surface area contributed by atoms with E-state index in [-0.39, 0.29) is 19.1 Å². The summed E-state index contributed by atoms with van der Waals surface area (Å²) in [4.78, 5) is 26.4. The van der Waals surface area contributed by atoms with E-state index in [1.54, 1.807) is 25.3 Å². The van der Waals surface area contributed by atoms with E-state index in [0.29, 0.717) is 11.3 Å². The van der Waals surface area contributed by atoms with Gasteiger partial charge in [-0.25, -0.2) is 4.79 Å². The number of esters is 1. The van der Waals surface area contributed by atoms with Crippen LogP contribution in [0.5, 0.6) is 0 Å². The molecule has 0 bridgehead atoms. The van der Waals surface area contributed by atoms with E-state index in [9.17, 15) is 9.59 Å². The highest BCUT2D eigenvalue weighted by molar-refractivity contribution is 5.93. The summed E-state index contributed by atoms with van der Waals surface area (Å²) >= 11 is 0. The highest BCUT2D eigenvalue weighted by Gasteiger charge is 2.04. The van der Waals surface area contributed by atoms with Crippen LogP contribution in [0.1, 0.15) is 17.3 Å². The van der Waals surface area contributed by atoms with Gasteiger partial charge in [0.2, 0.25) is 0 Å². The lowest BCUT2D eigenvalue weighted by Gasteiger charge is -2.05. The lowest BCUT2D eigenvalue weighted by molar-refractivity contribution is -0.137. The number of carbonyl (C=O) groups is 2. The average Bonchev–Trinajstić information content (AvgIpc) is 2.34. The zero-order chi connectivity index (χ0) is 13.4. The summed E-state index contributed by atoms with van der Waals surface area (Å²) in [5, 5.41) is 2.60. The maximum Gasteiger partial charge on any atom is 0.332 e. The van der Waals surface area contributed by atoms with Crippen molar-refractivity contribution in [2.24, 2.45) is 5.73 Å². The van der Waals surface area contributed by atoms with Gasteiger partial charge < -0.3 is 15.8 Å². The van der Waals surface area contributed by atoms with E-state index < -0.39 is 5.97 Å². The predicted octanol–water partition coefficient (Wildman–Crippen LogP) is 0.217. The number of rotatable bonds is 5. The maximum atomic E-state index is 11.5. The Morgan fingerprint density at radius 1 is 1.56 bits per heavy atom. The minimum atomic E-state index is -0.523. The van der Waals surface area contributed by atoms with Gasteiger partial charge in [-0.15, -0.1) is 0 Å². The van der Waals surface area contributed by atoms with Gasteiger partial charge in [-0.2, -0.15) is 0 Å². The molecule has 96 valence electrons. The molecule has 0 spiro atoms. The Bertz CT molecular complexity index is 439. The SMILES string of the molecule is C/C(N)=C/C(=O)OCCNC(=O)c1cccnc1. The Balaban J connectivity index is 2.25. The summed E-state index contributed by atoms with van der Waals surface area (Å²) in [5.74, 6) is -0.782. The largest absolute Gasteiger partial charge is 0.461 e. The fourth-order valence-electron chi connectivity index (χ4n) is 1.14. The Kier molecular flexibility index (Phi) is 5.37. The molecule has 0 radical (unpaired) electrons. The molecular weight excluding hydrogens is 234 g/mol. The average molecular weight is 249 g/mol. The number of nitrogens with zero attached hydrogens (tertiary/aromatic N) is 1. The first-order valence-corrected chi connectivity index (χ1v) is 5.38. The number of amides is 1. The minimum Gasteiger partial charge on any atom is -0.461 e. The number of hydrogen-bond donors (Lipinski definition) is 2. The first-order chi connectivity index (χ1) is 8.59. The maximum absolute atomic E-state index is 11.5. The highest BCUT2D eigenvalue weighted by atomic mass is 16.5. The predicted molar refractivity (Wildman–Crippen MR) is 65.5 cm³/mol. The van der Waals surface area contributed by atoms with Crippen LogP contribution < -0.4 is 11.1 Å². The third-order valence-corrected chi connectivity index (χ3v) is 1.90. The molecule has 1 amide bonds. The zero-order valence-electron chi connectivity index (χ0n) is 10.1. The van der Waals surface area contributed by atoms with Crippen LogP contribution in [0.3, 0.4) is 0 Å². The van der Waals surface area contributed by atoms with Gasteiger partial charge in [-0.05, 0) is 19.1 Å². The third-order valence-electron chi connectivity index (χ3n) is 1.90. The Morgan fingerprint density at radius 3 is 2.94 bits per heavy atom. The molecule has 0 aliphatic carbocycles. The number of ether oxygens (including phenoxy) is 1.